The predicted octanol–water partition coefficient (Wildman–Crippen LogP) is 0.256. The molecule has 0 unspecified atom stereocenters. The van der Waals surface area contributed by atoms with Crippen molar-refractivity contribution in [2.45, 2.75) is 38.3 Å². The molecule has 1 aliphatic rings. The number of carbonyl (C=O) groups excluding carboxylic acids is 1. The molecule has 2 N–H and O–H groups in total. The third-order valence-corrected chi connectivity index (χ3v) is 4.22. The number of nitrogens with zero attached hydrogens (tertiary/aromatic N) is 3. The van der Waals surface area contributed by atoms with E-state index in [0.29, 0.717) is 31.3 Å². The Morgan fingerprint density at radius 1 is 1.26 bits per heavy atom. The third kappa shape index (κ3) is 3.25. The number of carbonyl (C=O) groups is 2. The minimum Gasteiger partial charge on any atom is -0.481 e. The summed E-state index contributed by atoms with van der Waals surface area (Å²) in [4.78, 5) is 35.1. The van der Waals surface area contributed by atoms with Gasteiger partial charge in [0.1, 0.15) is 6.54 Å². The van der Waals surface area contributed by atoms with E-state index in [-0.39, 0.29) is 30.1 Å². The van der Waals surface area contributed by atoms with Crippen LogP contribution in [0.3, 0.4) is 0 Å². The first-order valence-corrected chi connectivity index (χ1v) is 7.61. The zero-order valence-corrected chi connectivity index (χ0v) is 12.5. The highest BCUT2D eigenvalue weighted by Crippen LogP contribution is 2.24. The molecule has 0 bridgehead atoms. The van der Waals surface area contributed by atoms with Crippen LogP contribution >= 0.6 is 0 Å². The summed E-state index contributed by atoms with van der Waals surface area (Å²) in [5, 5.41) is 15.9. The molecule has 0 aromatic carbocycles. The molecule has 1 aliphatic carbocycles. The number of carboxylic acids is 1. The molecule has 2 aromatic heterocycles. The van der Waals surface area contributed by atoms with Crippen molar-refractivity contribution in [3.8, 4) is 0 Å². The van der Waals surface area contributed by atoms with E-state index in [1.54, 1.807) is 24.4 Å². The summed E-state index contributed by atoms with van der Waals surface area (Å²) in [7, 11) is 0. The molecule has 2 aromatic rings. The molecule has 0 atom stereocenters. The smallest absolute Gasteiger partial charge is 0.350 e. The maximum atomic E-state index is 12.1. The molecule has 0 aliphatic heterocycles. The van der Waals surface area contributed by atoms with Crippen LogP contribution in [0.4, 0.5) is 0 Å². The second-order valence-electron chi connectivity index (χ2n) is 5.82. The standard InChI is InChI=1S/C15H18N4O4/c20-13(16-11-6-4-10(5-7-11)14(21)22)9-19-15(23)18-8-2-1-3-12(18)17-19/h1-3,8,10-11H,4-7,9H2,(H,16,20)(H,21,22). The molecule has 8 nitrogen and oxygen atoms in total. The average Bonchev–Trinajstić information content (AvgIpc) is 2.84. The van der Waals surface area contributed by atoms with E-state index in [2.05, 4.69) is 10.4 Å². The fraction of sp³-hybridized carbons (Fsp3) is 0.467. The summed E-state index contributed by atoms with van der Waals surface area (Å²) in [6, 6.07) is 5.16. The van der Waals surface area contributed by atoms with Gasteiger partial charge in [-0.2, -0.15) is 0 Å². The summed E-state index contributed by atoms with van der Waals surface area (Å²) in [6.07, 6.45) is 4.01. The van der Waals surface area contributed by atoms with E-state index < -0.39 is 5.97 Å². The first-order chi connectivity index (χ1) is 11.0. The van der Waals surface area contributed by atoms with Gasteiger partial charge in [-0.25, -0.2) is 9.48 Å². The second kappa shape index (κ2) is 6.23. The van der Waals surface area contributed by atoms with Crippen LogP contribution in [0.1, 0.15) is 25.7 Å². The summed E-state index contributed by atoms with van der Waals surface area (Å²) < 4.78 is 2.51. The molecule has 8 heteroatoms. The van der Waals surface area contributed by atoms with E-state index in [0.717, 1.165) is 4.68 Å². The number of aliphatic carboxylic acids is 1. The van der Waals surface area contributed by atoms with E-state index in [9.17, 15) is 14.4 Å². The first kappa shape index (κ1) is 15.3. The summed E-state index contributed by atoms with van der Waals surface area (Å²) in [5.74, 6) is -1.37. The average molecular weight is 318 g/mol. The van der Waals surface area contributed by atoms with Gasteiger partial charge in [-0.3, -0.25) is 14.0 Å². The lowest BCUT2D eigenvalue weighted by Crippen LogP contribution is -2.41. The Morgan fingerprint density at radius 2 is 2.00 bits per heavy atom. The molecule has 3 rings (SSSR count). The van der Waals surface area contributed by atoms with E-state index in [1.165, 1.54) is 4.40 Å². The third-order valence-electron chi connectivity index (χ3n) is 4.22. The van der Waals surface area contributed by atoms with E-state index in [1.807, 2.05) is 0 Å². The summed E-state index contributed by atoms with van der Waals surface area (Å²) in [6.45, 7) is -0.140. The van der Waals surface area contributed by atoms with Crippen LogP contribution in [0.5, 0.6) is 0 Å². The van der Waals surface area contributed by atoms with Crippen LogP contribution in [-0.2, 0) is 16.1 Å². The van der Waals surface area contributed by atoms with Crippen LogP contribution in [0.25, 0.3) is 5.65 Å². The number of hydrogen-bond donors (Lipinski definition) is 2. The van der Waals surface area contributed by atoms with Crippen molar-refractivity contribution in [3.05, 3.63) is 34.9 Å². The molecule has 0 radical (unpaired) electrons. The molecule has 0 saturated heterocycles. The summed E-state index contributed by atoms with van der Waals surface area (Å²) >= 11 is 0. The minimum absolute atomic E-state index is 0.0363. The van der Waals surface area contributed by atoms with Gasteiger partial charge in [-0.1, -0.05) is 6.07 Å². The number of fused-ring (bicyclic) bond motifs is 1. The Morgan fingerprint density at radius 3 is 2.65 bits per heavy atom. The topological polar surface area (TPSA) is 106 Å². The molecular weight excluding hydrogens is 300 g/mol. The SMILES string of the molecule is O=C(Cn1nc2ccccn2c1=O)NC1CCC(C(=O)O)CC1. The van der Waals surface area contributed by atoms with Crippen molar-refractivity contribution >= 4 is 17.5 Å². The van der Waals surface area contributed by atoms with Gasteiger partial charge in [-0.15, -0.1) is 5.10 Å². The highest BCUT2D eigenvalue weighted by molar-refractivity contribution is 5.76. The van der Waals surface area contributed by atoms with Gasteiger partial charge in [-0.05, 0) is 37.8 Å². The number of aromatic nitrogens is 3. The number of pyridine rings is 1. The molecule has 1 saturated carbocycles. The fourth-order valence-corrected chi connectivity index (χ4v) is 2.97. The van der Waals surface area contributed by atoms with Crippen molar-refractivity contribution in [2.24, 2.45) is 5.92 Å². The molecule has 122 valence electrons. The molecular formula is C15H18N4O4. The Labute approximate surface area is 131 Å². The first-order valence-electron chi connectivity index (χ1n) is 7.61. The second-order valence-corrected chi connectivity index (χ2v) is 5.82. The number of amides is 1. The van der Waals surface area contributed by atoms with Crippen LogP contribution in [-0.4, -0.2) is 37.2 Å². The van der Waals surface area contributed by atoms with Crippen molar-refractivity contribution in [1.82, 2.24) is 19.5 Å². The summed E-state index contributed by atoms with van der Waals surface area (Å²) in [5.41, 5.74) is 0.137. The maximum absolute atomic E-state index is 12.1. The predicted molar refractivity (Wildman–Crippen MR) is 81.0 cm³/mol. The van der Waals surface area contributed by atoms with Crippen molar-refractivity contribution < 1.29 is 14.7 Å². The maximum Gasteiger partial charge on any atom is 0.350 e. The van der Waals surface area contributed by atoms with Crippen LogP contribution in [0.2, 0.25) is 0 Å². The van der Waals surface area contributed by atoms with Gasteiger partial charge in [0.15, 0.2) is 5.65 Å². The molecule has 2 heterocycles. The molecule has 0 spiro atoms. The van der Waals surface area contributed by atoms with Crippen molar-refractivity contribution in [2.75, 3.05) is 0 Å². The highest BCUT2D eigenvalue weighted by atomic mass is 16.4. The van der Waals surface area contributed by atoms with Gasteiger partial charge in [0, 0.05) is 12.2 Å². The Hall–Kier alpha value is -2.64. The Kier molecular flexibility index (Phi) is 4.14. The van der Waals surface area contributed by atoms with Crippen LogP contribution in [0, 0.1) is 5.92 Å². The number of nitrogens with one attached hydrogen (secondary N) is 1. The van der Waals surface area contributed by atoms with Gasteiger partial charge in [0.2, 0.25) is 5.91 Å². The highest BCUT2D eigenvalue weighted by Gasteiger charge is 2.26. The quantitative estimate of drug-likeness (QED) is 0.841. The van der Waals surface area contributed by atoms with E-state index in [4.69, 9.17) is 5.11 Å². The van der Waals surface area contributed by atoms with Gasteiger partial charge >= 0.3 is 11.7 Å². The normalized spacial score (nSPS) is 21.2. The lowest BCUT2D eigenvalue weighted by Gasteiger charge is -2.26. The Balaban J connectivity index is 1.60. The van der Waals surface area contributed by atoms with Crippen LogP contribution in [0.15, 0.2) is 29.2 Å². The lowest BCUT2D eigenvalue weighted by molar-refractivity contribution is -0.142. The molecule has 1 fully saturated rings. The zero-order valence-electron chi connectivity index (χ0n) is 12.5. The Bertz CT molecular complexity index is 786. The minimum atomic E-state index is -0.772. The largest absolute Gasteiger partial charge is 0.481 e. The zero-order chi connectivity index (χ0) is 16.4. The van der Waals surface area contributed by atoms with Gasteiger partial charge < -0.3 is 10.4 Å². The van der Waals surface area contributed by atoms with Crippen molar-refractivity contribution in [3.63, 3.8) is 0 Å². The fourth-order valence-electron chi connectivity index (χ4n) is 2.97. The monoisotopic (exact) mass is 318 g/mol. The molecule has 1 amide bonds. The van der Waals surface area contributed by atoms with Crippen LogP contribution < -0.4 is 11.0 Å². The van der Waals surface area contributed by atoms with Gasteiger partial charge in [0.25, 0.3) is 0 Å². The number of rotatable bonds is 4. The lowest BCUT2D eigenvalue weighted by atomic mass is 9.86. The number of carboxylic acid groups (broad SMARTS) is 1. The van der Waals surface area contributed by atoms with Crippen molar-refractivity contribution in [1.29, 1.82) is 0 Å². The number of hydrogen-bond acceptors (Lipinski definition) is 4. The van der Waals surface area contributed by atoms with Gasteiger partial charge in [0.05, 0.1) is 5.92 Å². The molecule has 23 heavy (non-hydrogen) atoms. The van der Waals surface area contributed by atoms with E-state index >= 15 is 0 Å².